The highest BCUT2D eigenvalue weighted by Gasteiger charge is 2.50. The molecule has 11 rings (SSSR count). The molecule has 0 radical (unpaired) electrons. The van der Waals surface area contributed by atoms with Gasteiger partial charge in [-0.2, -0.15) is 31.8 Å². The van der Waals surface area contributed by atoms with Crippen molar-refractivity contribution in [2.24, 2.45) is 14.1 Å². The van der Waals surface area contributed by atoms with Crippen LogP contribution < -0.4 is 16.0 Å². The monoisotopic (exact) mass is 1160 g/mol. The number of aryl methyl sites for hydroxylation is 4. The molecule has 1 fully saturated rings. The summed E-state index contributed by atoms with van der Waals surface area (Å²) in [5.41, 5.74) is 7.02. The molecule has 0 spiro atoms. The zero-order valence-corrected chi connectivity index (χ0v) is 51.5. The van der Waals surface area contributed by atoms with Crippen LogP contribution in [0.4, 0.5) is 13.2 Å². The molecular weight excluding hydrogens is 1080 g/mol. The molecule has 13 nitrogen and oxygen atoms in total. The quantitative estimate of drug-likeness (QED) is 0.0856. The number of carbonyl (C=O) groups is 1. The van der Waals surface area contributed by atoms with Crippen LogP contribution in [-0.4, -0.2) is 82.5 Å². The van der Waals surface area contributed by atoms with Crippen molar-refractivity contribution in [3.8, 4) is 22.3 Å². The molecule has 7 heterocycles. The van der Waals surface area contributed by atoms with Crippen LogP contribution in [0.15, 0.2) is 115 Å². The lowest BCUT2D eigenvalue weighted by Gasteiger charge is -2.41. The Morgan fingerprint density at radius 1 is 0.549 bits per heavy atom. The summed E-state index contributed by atoms with van der Waals surface area (Å²) in [7, 11) is -1.67. The summed E-state index contributed by atoms with van der Waals surface area (Å²) in [6.45, 7) is 28.4. The SMILES string of the molecule is CC1(C)C=C(OS(=O)(=O)C(F)(F)F)CC(C)(C)N1.CC1(C)CC(=O)CC(C)(C)N1.Cc1cc(-c2ccc3nc(C4=CC(C)(C)NC(C)(C)C4)ccc3c2)cc2cn(C)nc12.Cc1cc(-c2ccc3nc(Cl)ccc3c2)cc2cn(C)nc12. The van der Waals surface area contributed by atoms with Gasteiger partial charge in [-0.15, -0.1) is 0 Å². The van der Waals surface area contributed by atoms with Crippen molar-refractivity contribution in [3.05, 3.63) is 137 Å². The molecule has 4 aromatic carbocycles. The van der Waals surface area contributed by atoms with E-state index >= 15 is 0 Å². The van der Waals surface area contributed by atoms with E-state index in [0.29, 0.717) is 23.8 Å². The number of hydrogen-bond acceptors (Lipinski definition) is 11. The molecule has 1 saturated heterocycles. The fourth-order valence-electron chi connectivity index (χ4n) is 12.2. The van der Waals surface area contributed by atoms with Gasteiger partial charge >= 0.3 is 15.6 Å². The van der Waals surface area contributed by atoms with Gasteiger partial charge in [0.25, 0.3) is 0 Å². The molecular formula is C64H77ClF3N9O4S. The first-order valence-corrected chi connectivity index (χ1v) is 29.2. The first kappa shape index (κ1) is 61.6. The normalized spacial score (nSPS) is 18.8. The van der Waals surface area contributed by atoms with Gasteiger partial charge in [0.1, 0.15) is 16.7 Å². The molecule has 18 heteroatoms. The molecule has 0 bridgehead atoms. The largest absolute Gasteiger partial charge is 0.534 e. The Hall–Kier alpha value is -6.50. The second kappa shape index (κ2) is 22.2. The number of rotatable bonds is 5. The van der Waals surface area contributed by atoms with E-state index in [0.717, 1.165) is 45.0 Å². The Balaban J connectivity index is 0.000000152. The van der Waals surface area contributed by atoms with Crippen LogP contribution in [0.3, 0.4) is 0 Å². The summed E-state index contributed by atoms with van der Waals surface area (Å²) < 4.78 is 66.4. The van der Waals surface area contributed by atoms with E-state index in [-0.39, 0.29) is 34.3 Å². The highest BCUT2D eigenvalue weighted by Crippen LogP contribution is 2.37. The fraction of sp³-hybridized carbons (Fsp3) is 0.422. The van der Waals surface area contributed by atoms with Crippen LogP contribution in [-0.2, 0) is 33.2 Å². The van der Waals surface area contributed by atoms with Gasteiger partial charge in [-0.1, -0.05) is 35.9 Å². The van der Waals surface area contributed by atoms with Crippen molar-refractivity contribution in [1.82, 2.24) is 45.5 Å². The van der Waals surface area contributed by atoms with Gasteiger partial charge < -0.3 is 20.1 Å². The molecule has 3 aliphatic rings. The van der Waals surface area contributed by atoms with Crippen molar-refractivity contribution in [2.75, 3.05) is 0 Å². The Bertz CT molecular complexity index is 3930. The van der Waals surface area contributed by atoms with Gasteiger partial charge in [0.15, 0.2) is 0 Å². The average molecular weight is 1160 g/mol. The van der Waals surface area contributed by atoms with Crippen molar-refractivity contribution < 1.29 is 30.6 Å². The van der Waals surface area contributed by atoms with Crippen LogP contribution in [0.5, 0.6) is 0 Å². The lowest BCUT2D eigenvalue weighted by atomic mass is 9.82. The molecule has 0 unspecified atom stereocenters. The van der Waals surface area contributed by atoms with Gasteiger partial charge in [0.05, 0.1) is 27.8 Å². The number of pyridine rings is 2. The molecule has 436 valence electrons. The molecule has 0 atom stereocenters. The van der Waals surface area contributed by atoms with Gasteiger partial charge in [-0.05, 0) is 215 Å². The zero-order chi connectivity index (χ0) is 60.3. The topological polar surface area (TPSA) is 158 Å². The number of piperidine rings is 1. The highest BCUT2D eigenvalue weighted by atomic mass is 35.5. The summed E-state index contributed by atoms with van der Waals surface area (Å²) in [4.78, 5) is 20.6. The molecule has 3 aliphatic heterocycles. The van der Waals surface area contributed by atoms with Gasteiger partial charge in [0, 0.05) is 101 Å². The molecule has 0 saturated carbocycles. The maximum atomic E-state index is 12.2. The third kappa shape index (κ3) is 15.2. The minimum Gasteiger partial charge on any atom is -0.381 e. The predicted molar refractivity (Wildman–Crippen MR) is 327 cm³/mol. The van der Waals surface area contributed by atoms with E-state index in [9.17, 15) is 26.4 Å². The number of fused-ring (bicyclic) bond motifs is 4. The van der Waals surface area contributed by atoms with Gasteiger partial charge in [-0.25, -0.2) is 9.97 Å². The third-order valence-electron chi connectivity index (χ3n) is 14.2. The number of halogens is 4. The second-order valence-electron chi connectivity index (χ2n) is 26.1. The zero-order valence-electron chi connectivity index (χ0n) is 50.0. The van der Waals surface area contributed by atoms with Crippen molar-refractivity contribution in [1.29, 1.82) is 0 Å². The first-order chi connectivity index (χ1) is 37.7. The molecule has 0 aliphatic carbocycles. The molecule has 0 amide bonds. The predicted octanol–water partition coefficient (Wildman–Crippen LogP) is 14.6. The van der Waals surface area contributed by atoms with Gasteiger partial charge in [-0.3, -0.25) is 14.2 Å². The highest BCUT2D eigenvalue weighted by molar-refractivity contribution is 7.87. The Morgan fingerprint density at radius 3 is 1.45 bits per heavy atom. The molecule has 3 N–H and O–H groups in total. The number of alkyl halides is 3. The average Bonchev–Trinajstić information content (AvgIpc) is 3.79. The minimum atomic E-state index is -5.59. The number of nitrogens with one attached hydrogen (secondary N) is 3. The maximum absolute atomic E-state index is 12.2. The van der Waals surface area contributed by atoms with E-state index in [1.54, 1.807) is 27.7 Å². The summed E-state index contributed by atoms with van der Waals surface area (Å²) in [5, 5.41) is 24.5. The van der Waals surface area contributed by atoms with Crippen LogP contribution in [0.2, 0.25) is 5.15 Å². The standard InChI is InChI=1S/C27H30N4.C18H14ClN3.C10H16F3NO3S.C9H17NO/c1-17-11-20(13-21-16-31(6)29-25(17)21)18-7-9-23-19(12-18)8-10-24(28-23)22-14-26(2,3)30-27(4,5)15-22;1-11-7-14(9-15-10-22(2)21-18(11)15)12-3-5-16-13(8-12)4-6-17(19)20-16;1-8(2)5-7(6-9(3,4)14-8)17-18(15,16)10(11,12)13;1-8(2)5-7(11)6-9(3,4)10-8/h7-14,16,30H,15H2,1-6H3;3-10H,1-2H3;5,14H,6H2,1-4H3;10H,5-6H2,1-4H3. The number of hydrogen-bond donors (Lipinski definition) is 3. The Labute approximate surface area is 485 Å². The molecule has 8 aromatic rings. The van der Waals surface area contributed by atoms with Crippen molar-refractivity contribution in [2.45, 2.75) is 161 Å². The van der Waals surface area contributed by atoms with E-state index < -0.39 is 26.7 Å². The van der Waals surface area contributed by atoms with Crippen LogP contribution in [0.25, 0.3) is 71.4 Å². The molecule has 82 heavy (non-hydrogen) atoms. The van der Waals surface area contributed by atoms with E-state index in [4.69, 9.17) is 16.6 Å². The summed E-state index contributed by atoms with van der Waals surface area (Å²) >= 11 is 5.94. The lowest BCUT2D eigenvalue weighted by Crippen LogP contribution is -2.58. The number of ketones is 1. The van der Waals surface area contributed by atoms with Crippen LogP contribution >= 0.6 is 11.6 Å². The summed E-state index contributed by atoms with van der Waals surface area (Å²) in [6.07, 6.45) is 10.2. The van der Waals surface area contributed by atoms with E-state index in [2.05, 4.69) is 184 Å². The maximum Gasteiger partial charge on any atom is 0.534 e. The number of aromatic nitrogens is 6. The van der Waals surface area contributed by atoms with E-state index in [1.807, 2.05) is 47.9 Å². The number of benzene rings is 4. The summed E-state index contributed by atoms with van der Waals surface area (Å²) in [5.74, 6) is 0.180. The van der Waals surface area contributed by atoms with E-state index in [1.165, 1.54) is 55.8 Å². The number of Topliss-reactive ketones (excluding diaryl/α,β-unsaturated/α-hetero) is 1. The molecule has 4 aromatic heterocycles. The smallest absolute Gasteiger partial charge is 0.381 e. The first-order valence-electron chi connectivity index (χ1n) is 27.4. The van der Waals surface area contributed by atoms with Crippen LogP contribution in [0, 0.1) is 13.8 Å². The van der Waals surface area contributed by atoms with Crippen LogP contribution in [0.1, 0.15) is 126 Å². The van der Waals surface area contributed by atoms with Crippen molar-refractivity contribution in [3.63, 3.8) is 0 Å². The summed E-state index contributed by atoms with van der Waals surface area (Å²) in [6, 6.07) is 29.8. The lowest BCUT2D eigenvalue weighted by molar-refractivity contribution is -0.124. The van der Waals surface area contributed by atoms with Gasteiger partial charge in [0.2, 0.25) is 0 Å². The number of carbonyl (C=O) groups excluding carboxylic acids is 1. The fourth-order valence-corrected chi connectivity index (χ4v) is 12.8. The second-order valence-corrected chi connectivity index (χ2v) is 28.0. The Morgan fingerprint density at radius 2 is 0.988 bits per heavy atom. The third-order valence-corrected chi connectivity index (χ3v) is 15.5. The minimum absolute atomic E-state index is 0.0150. The van der Waals surface area contributed by atoms with Crippen molar-refractivity contribution >= 4 is 76.7 Å². The number of nitrogens with zero attached hydrogens (tertiary/aromatic N) is 6. The Kier molecular flexibility index (Phi) is 16.7.